The van der Waals surface area contributed by atoms with Crippen LogP contribution in [0.15, 0.2) is 24.3 Å². The molecule has 1 aromatic carbocycles. The van der Waals surface area contributed by atoms with E-state index in [0.717, 1.165) is 18.5 Å². The highest BCUT2D eigenvalue weighted by molar-refractivity contribution is 7.98. The highest BCUT2D eigenvalue weighted by atomic mass is 32.2. The van der Waals surface area contributed by atoms with Gasteiger partial charge in [-0.1, -0.05) is 29.8 Å². The van der Waals surface area contributed by atoms with Crippen LogP contribution in [0.25, 0.3) is 0 Å². The number of aliphatic hydroxyl groups excluding tert-OH is 1. The van der Waals surface area contributed by atoms with E-state index < -0.39 is 0 Å². The second-order valence-corrected chi connectivity index (χ2v) is 6.31. The third-order valence-corrected chi connectivity index (χ3v) is 4.35. The molecule has 0 radical (unpaired) electrons. The molecule has 0 aromatic heterocycles. The molecule has 0 aliphatic heterocycles. The van der Waals surface area contributed by atoms with Crippen molar-refractivity contribution in [3.8, 4) is 0 Å². The second kappa shape index (κ2) is 8.62. The fourth-order valence-corrected chi connectivity index (χ4v) is 2.59. The molecule has 19 heavy (non-hydrogen) atoms. The summed E-state index contributed by atoms with van der Waals surface area (Å²) in [5.41, 5.74) is 2.26. The molecule has 2 nitrogen and oxygen atoms in total. The highest BCUT2D eigenvalue weighted by Gasteiger charge is 2.12. The van der Waals surface area contributed by atoms with Crippen LogP contribution in [0.5, 0.6) is 0 Å². The first-order valence-corrected chi connectivity index (χ1v) is 8.37. The van der Waals surface area contributed by atoms with E-state index in [1.807, 2.05) is 23.9 Å². The standard InChI is InChI=1S/C16H27NOS/c1-13-5-7-15(8-6-13)16(18)9-11-17(3)14(2)10-12-19-4/h5-8,14,16,18H,9-12H2,1-4H3. The van der Waals surface area contributed by atoms with Crippen molar-refractivity contribution in [2.24, 2.45) is 0 Å². The van der Waals surface area contributed by atoms with Gasteiger partial charge in [0, 0.05) is 12.6 Å². The molecule has 1 aromatic rings. The van der Waals surface area contributed by atoms with Gasteiger partial charge in [0.2, 0.25) is 0 Å². The average molecular weight is 281 g/mol. The van der Waals surface area contributed by atoms with Gasteiger partial charge in [-0.15, -0.1) is 0 Å². The molecule has 2 atom stereocenters. The largest absolute Gasteiger partial charge is 0.388 e. The number of rotatable bonds is 8. The summed E-state index contributed by atoms with van der Waals surface area (Å²) in [6.45, 7) is 5.26. The zero-order valence-corrected chi connectivity index (χ0v) is 13.4. The summed E-state index contributed by atoms with van der Waals surface area (Å²) in [5, 5.41) is 10.2. The summed E-state index contributed by atoms with van der Waals surface area (Å²) < 4.78 is 0. The number of hydrogen-bond donors (Lipinski definition) is 1. The van der Waals surface area contributed by atoms with Crippen LogP contribution in [-0.4, -0.2) is 41.6 Å². The first kappa shape index (κ1) is 16.5. The van der Waals surface area contributed by atoms with E-state index in [1.165, 1.54) is 17.7 Å². The minimum Gasteiger partial charge on any atom is -0.388 e. The van der Waals surface area contributed by atoms with Gasteiger partial charge in [0.15, 0.2) is 0 Å². The van der Waals surface area contributed by atoms with Crippen LogP contribution in [0.3, 0.4) is 0 Å². The summed E-state index contributed by atoms with van der Waals surface area (Å²) in [6, 6.07) is 8.75. The van der Waals surface area contributed by atoms with Crippen molar-refractivity contribution in [1.29, 1.82) is 0 Å². The molecule has 0 heterocycles. The Bertz CT molecular complexity index is 352. The molecule has 0 saturated carbocycles. The Balaban J connectivity index is 2.36. The highest BCUT2D eigenvalue weighted by Crippen LogP contribution is 2.18. The van der Waals surface area contributed by atoms with Crippen LogP contribution >= 0.6 is 11.8 Å². The Labute approximate surface area is 122 Å². The molecule has 0 amide bonds. The van der Waals surface area contributed by atoms with Gasteiger partial charge in [0.1, 0.15) is 0 Å². The third kappa shape index (κ3) is 5.98. The van der Waals surface area contributed by atoms with Gasteiger partial charge in [-0.2, -0.15) is 11.8 Å². The number of benzene rings is 1. The van der Waals surface area contributed by atoms with E-state index in [0.29, 0.717) is 6.04 Å². The fraction of sp³-hybridized carbons (Fsp3) is 0.625. The minimum atomic E-state index is -0.351. The first-order valence-electron chi connectivity index (χ1n) is 6.98. The number of aliphatic hydroxyl groups is 1. The Hall–Kier alpha value is -0.510. The molecule has 108 valence electrons. The quantitative estimate of drug-likeness (QED) is 0.789. The van der Waals surface area contributed by atoms with Crippen molar-refractivity contribution < 1.29 is 5.11 Å². The SMILES string of the molecule is CSCCC(C)N(C)CCC(O)c1ccc(C)cc1. The van der Waals surface area contributed by atoms with Crippen molar-refractivity contribution in [1.82, 2.24) is 4.90 Å². The minimum absolute atomic E-state index is 0.351. The molecule has 0 aliphatic rings. The lowest BCUT2D eigenvalue weighted by atomic mass is 10.0. The molecule has 1 rings (SSSR count). The molecule has 2 unspecified atom stereocenters. The van der Waals surface area contributed by atoms with Crippen molar-refractivity contribution in [3.05, 3.63) is 35.4 Å². The molecule has 0 bridgehead atoms. The van der Waals surface area contributed by atoms with Crippen LogP contribution in [-0.2, 0) is 0 Å². The van der Waals surface area contributed by atoms with Crippen molar-refractivity contribution in [3.63, 3.8) is 0 Å². The number of hydrogen-bond acceptors (Lipinski definition) is 3. The molecular weight excluding hydrogens is 254 g/mol. The number of aryl methyl sites for hydroxylation is 1. The Morgan fingerprint density at radius 2 is 1.84 bits per heavy atom. The maximum Gasteiger partial charge on any atom is 0.0802 e. The molecule has 1 N–H and O–H groups in total. The normalized spacial score (nSPS) is 14.6. The molecular formula is C16H27NOS. The van der Waals surface area contributed by atoms with Crippen LogP contribution in [0.1, 0.15) is 37.0 Å². The van der Waals surface area contributed by atoms with Gasteiger partial charge >= 0.3 is 0 Å². The van der Waals surface area contributed by atoms with Gasteiger partial charge in [0.05, 0.1) is 6.10 Å². The third-order valence-electron chi connectivity index (χ3n) is 3.71. The van der Waals surface area contributed by atoms with Crippen LogP contribution in [0.2, 0.25) is 0 Å². The van der Waals surface area contributed by atoms with Crippen LogP contribution in [0, 0.1) is 6.92 Å². The zero-order chi connectivity index (χ0) is 14.3. The predicted molar refractivity (Wildman–Crippen MR) is 85.8 cm³/mol. The van der Waals surface area contributed by atoms with Gasteiger partial charge in [-0.05, 0) is 51.3 Å². The van der Waals surface area contributed by atoms with E-state index in [1.54, 1.807) is 0 Å². The maximum atomic E-state index is 10.2. The van der Waals surface area contributed by atoms with Crippen molar-refractivity contribution >= 4 is 11.8 Å². The topological polar surface area (TPSA) is 23.5 Å². The second-order valence-electron chi connectivity index (χ2n) is 5.33. The van der Waals surface area contributed by atoms with E-state index in [-0.39, 0.29) is 6.10 Å². The predicted octanol–water partition coefficient (Wildman–Crippen LogP) is 3.49. The molecule has 0 fully saturated rings. The maximum absolute atomic E-state index is 10.2. The first-order chi connectivity index (χ1) is 9.04. The lowest BCUT2D eigenvalue weighted by Crippen LogP contribution is -2.31. The van der Waals surface area contributed by atoms with Gasteiger partial charge in [-0.25, -0.2) is 0 Å². The van der Waals surface area contributed by atoms with Crippen LogP contribution < -0.4 is 0 Å². The molecule has 0 aliphatic carbocycles. The van der Waals surface area contributed by atoms with Gasteiger partial charge in [0.25, 0.3) is 0 Å². The average Bonchev–Trinajstić information content (AvgIpc) is 2.42. The summed E-state index contributed by atoms with van der Waals surface area (Å²) >= 11 is 1.89. The van der Waals surface area contributed by atoms with E-state index in [9.17, 15) is 5.11 Å². The Kier molecular flexibility index (Phi) is 7.51. The summed E-state index contributed by atoms with van der Waals surface area (Å²) in [6.07, 6.45) is 3.80. The molecule has 0 saturated heterocycles. The van der Waals surface area contributed by atoms with E-state index >= 15 is 0 Å². The lowest BCUT2D eigenvalue weighted by molar-refractivity contribution is 0.138. The Morgan fingerprint density at radius 3 is 2.42 bits per heavy atom. The van der Waals surface area contributed by atoms with Gasteiger partial charge < -0.3 is 10.0 Å². The summed E-state index contributed by atoms with van der Waals surface area (Å²) in [4.78, 5) is 2.34. The zero-order valence-electron chi connectivity index (χ0n) is 12.6. The van der Waals surface area contributed by atoms with E-state index in [2.05, 4.69) is 44.2 Å². The monoisotopic (exact) mass is 281 g/mol. The summed E-state index contributed by atoms with van der Waals surface area (Å²) in [5.74, 6) is 1.20. The molecule has 0 spiro atoms. The van der Waals surface area contributed by atoms with Crippen molar-refractivity contribution in [2.45, 2.75) is 38.8 Å². The number of thioether (sulfide) groups is 1. The smallest absolute Gasteiger partial charge is 0.0802 e. The van der Waals surface area contributed by atoms with Crippen LogP contribution in [0.4, 0.5) is 0 Å². The Morgan fingerprint density at radius 1 is 1.21 bits per heavy atom. The number of nitrogens with zero attached hydrogens (tertiary/aromatic N) is 1. The van der Waals surface area contributed by atoms with E-state index in [4.69, 9.17) is 0 Å². The van der Waals surface area contributed by atoms with Gasteiger partial charge in [-0.3, -0.25) is 0 Å². The fourth-order valence-electron chi connectivity index (χ4n) is 2.01. The summed E-state index contributed by atoms with van der Waals surface area (Å²) in [7, 11) is 2.15. The lowest BCUT2D eigenvalue weighted by Gasteiger charge is -2.25. The molecule has 3 heteroatoms. The van der Waals surface area contributed by atoms with Crippen molar-refractivity contribution in [2.75, 3.05) is 25.6 Å².